The Balaban J connectivity index is 1.60. The molecule has 1 N–H and O–H groups in total. The van der Waals surface area contributed by atoms with Crippen molar-refractivity contribution < 1.29 is 0 Å². The lowest BCUT2D eigenvalue weighted by Gasteiger charge is -2.30. The van der Waals surface area contributed by atoms with Crippen molar-refractivity contribution in [3.63, 3.8) is 0 Å². The van der Waals surface area contributed by atoms with Gasteiger partial charge >= 0.3 is 0 Å². The van der Waals surface area contributed by atoms with E-state index < -0.39 is 0 Å². The monoisotopic (exact) mass is 269 g/mol. The van der Waals surface area contributed by atoms with Gasteiger partial charge in [0, 0.05) is 24.2 Å². The molecular weight excluding hydrogens is 246 g/mol. The largest absolute Gasteiger partial charge is 0.312 e. The SMILES string of the molecule is CN1CCCC(NCCc2cccc3cccnc23)C1. The third kappa shape index (κ3) is 3.17. The van der Waals surface area contributed by atoms with Gasteiger partial charge in [-0.3, -0.25) is 4.98 Å². The van der Waals surface area contributed by atoms with Crippen LogP contribution in [-0.4, -0.2) is 42.6 Å². The minimum Gasteiger partial charge on any atom is -0.312 e. The number of likely N-dealkylation sites (N-methyl/N-ethyl adjacent to an activating group) is 1. The molecule has 0 saturated carbocycles. The van der Waals surface area contributed by atoms with Crippen molar-refractivity contribution in [2.24, 2.45) is 0 Å². The van der Waals surface area contributed by atoms with Gasteiger partial charge < -0.3 is 10.2 Å². The topological polar surface area (TPSA) is 28.2 Å². The number of fused-ring (bicyclic) bond motifs is 1. The zero-order valence-electron chi connectivity index (χ0n) is 12.2. The van der Waals surface area contributed by atoms with Crippen LogP contribution in [-0.2, 0) is 6.42 Å². The summed E-state index contributed by atoms with van der Waals surface area (Å²) < 4.78 is 0. The molecule has 20 heavy (non-hydrogen) atoms. The van der Waals surface area contributed by atoms with Crippen molar-refractivity contribution >= 4 is 10.9 Å². The summed E-state index contributed by atoms with van der Waals surface area (Å²) in [6.07, 6.45) is 5.55. The van der Waals surface area contributed by atoms with E-state index in [0.29, 0.717) is 6.04 Å². The van der Waals surface area contributed by atoms with Crippen LogP contribution < -0.4 is 5.32 Å². The first-order chi connectivity index (χ1) is 9.83. The van der Waals surface area contributed by atoms with Crippen molar-refractivity contribution in [3.05, 3.63) is 42.1 Å². The van der Waals surface area contributed by atoms with E-state index in [-0.39, 0.29) is 0 Å². The molecule has 2 heterocycles. The highest BCUT2D eigenvalue weighted by Gasteiger charge is 2.16. The number of likely N-dealkylation sites (tertiary alicyclic amines) is 1. The van der Waals surface area contributed by atoms with E-state index in [1.165, 1.54) is 36.9 Å². The Hall–Kier alpha value is -1.45. The van der Waals surface area contributed by atoms with E-state index in [1.807, 2.05) is 12.3 Å². The standard InChI is InChI=1S/C17H23N3/c1-20-12-4-8-16(13-20)18-11-9-15-6-2-5-14-7-3-10-19-17(14)15/h2-3,5-7,10,16,18H,4,8-9,11-13H2,1H3. The molecule has 0 radical (unpaired) electrons. The molecule has 1 aliphatic heterocycles. The number of hydrogen-bond acceptors (Lipinski definition) is 3. The second kappa shape index (κ2) is 6.33. The first kappa shape index (κ1) is 13.5. The van der Waals surface area contributed by atoms with Crippen LogP contribution in [0.25, 0.3) is 10.9 Å². The molecule has 1 saturated heterocycles. The number of para-hydroxylation sites is 1. The molecule has 0 amide bonds. The first-order valence-corrected chi connectivity index (χ1v) is 7.57. The van der Waals surface area contributed by atoms with E-state index >= 15 is 0 Å². The molecule has 3 nitrogen and oxygen atoms in total. The Bertz CT molecular complexity index is 562. The van der Waals surface area contributed by atoms with Gasteiger partial charge in [-0.15, -0.1) is 0 Å². The number of hydrogen-bond donors (Lipinski definition) is 1. The van der Waals surface area contributed by atoms with E-state index in [4.69, 9.17) is 0 Å². The Morgan fingerprint density at radius 2 is 2.20 bits per heavy atom. The van der Waals surface area contributed by atoms with Gasteiger partial charge in [-0.25, -0.2) is 0 Å². The summed E-state index contributed by atoms with van der Waals surface area (Å²) in [7, 11) is 2.21. The van der Waals surface area contributed by atoms with Gasteiger partial charge in [0.25, 0.3) is 0 Å². The number of rotatable bonds is 4. The zero-order chi connectivity index (χ0) is 13.8. The fourth-order valence-electron chi connectivity index (χ4n) is 3.11. The van der Waals surface area contributed by atoms with E-state index in [2.05, 4.69) is 46.5 Å². The second-order valence-corrected chi connectivity index (χ2v) is 5.80. The van der Waals surface area contributed by atoms with Crippen molar-refractivity contribution in [3.8, 4) is 0 Å². The van der Waals surface area contributed by atoms with Crippen molar-refractivity contribution in [1.29, 1.82) is 0 Å². The lowest BCUT2D eigenvalue weighted by Crippen LogP contribution is -2.44. The maximum atomic E-state index is 4.52. The van der Waals surface area contributed by atoms with Gasteiger partial charge in [0.05, 0.1) is 5.52 Å². The predicted molar refractivity (Wildman–Crippen MR) is 84.0 cm³/mol. The average molecular weight is 269 g/mol. The Labute approximate surface area is 121 Å². The zero-order valence-corrected chi connectivity index (χ0v) is 12.2. The third-order valence-corrected chi connectivity index (χ3v) is 4.17. The van der Waals surface area contributed by atoms with Crippen LogP contribution in [0, 0.1) is 0 Å². The van der Waals surface area contributed by atoms with Crippen LogP contribution >= 0.6 is 0 Å². The molecule has 1 aliphatic rings. The van der Waals surface area contributed by atoms with Gasteiger partial charge in [-0.05, 0) is 51.0 Å². The van der Waals surface area contributed by atoms with Gasteiger partial charge in [0.2, 0.25) is 0 Å². The normalized spacial score (nSPS) is 20.4. The fraction of sp³-hybridized carbons (Fsp3) is 0.471. The Morgan fingerprint density at radius 3 is 3.10 bits per heavy atom. The summed E-state index contributed by atoms with van der Waals surface area (Å²) in [6.45, 7) is 3.45. The van der Waals surface area contributed by atoms with Crippen LogP contribution in [0.4, 0.5) is 0 Å². The van der Waals surface area contributed by atoms with E-state index in [0.717, 1.165) is 18.5 Å². The number of nitrogens with zero attached hydrogens (tertiary/aromatic N) is 2. The number of aromatic nitrogens is 1. The maximum Gasteiger partial charge on any atom is 0.0734 e. The lowest BCUT2D eigenvalue weighted by atomic mass is 10.0. The Morgan fingerprint density at radius 1 is 1.30 bits per heavy atom. The van der Waals surface area contributed by atoms with Gasteiger partial charge in [0.15, 0.2) is 0 Å². The van der Waals surface area contributed by atoms with Gasteiger partial charge in [-0.2, -0.15) is 0 Å². The first-order valence-electron chi connectivity index (χ1n) is 7.57. The van der Waals surface area contributed by atoms with Crippen molar-refractivity contribution in [2.75, 3.05) is 26.7 Å². The molecule has 1 fully saturated rings. The van der Waals surface area contributed by atoms with Crippen LogP contribution in [0.15, 0.2) is 36.5 Å². The van der Waals surface area contributed by atoms with Crippen LogP contribution in [0.1, 0.15) is 18.4 Å². The molecule has 0 aliphatic carbocycles. The summed E-state index contributed by atoms with van der Waals surface area (Å²) in [5, 5.41) is 4.93. The van der Waals surface area contributed by atoms with Crippen molar-refractivity contribution in [1.82, 2.24) is 15.2 Å². The summed E-state index contributed by atoms with van der Waals surface area (Å²) in [5.41, 5.74) is 2.50. The van der Waals surface area contributed by atoms with E-state index in [1.54, 1.807) is 0 Å². The fourth-order valence-corrected chi connectivity index (χ4v) is 3.11. The average Bonchev–Trinajstić information content (AvgIpc) is 2.48. The highest BCUT2D eigenvalue weighted by molar-refractivity contribution is 5.81. The molecule has 1 atom stereocenters. The van der Waals surface area contributed by atoms with Gasteiger partial charge in [0.1, 0.15) is 0 Å². The second-order valence-electron chi connectivity index (χ2n) is 5.80. The summed E-state index contributed by atoms with van der Waals surface area (Å²) in [4.78, 5) is 6.94. The lowest BCUT2D eigenvalue weighted by molar-refractivity contribution is 0.228. The van der Waals surface area contributed by atoms with Gasteiger partial charge in [-0.1, -0.05) is 24.3 Å². The minimum atomic E-state index is 0.650. The number of benzene rings is 1. The summed E-state index contributed by atoms with van der Waals surface area (Å²) in [5.74, 6) is 0. The number of nitrogens with one attached hydrogen (secondary N) is 1. The Kier molecular flexibility index (Phi) is 4.28. The predicted octanol–water partition coefficient (Wildman–Crippen LogP) is 2.46. The molecular formula is C17H23N3. The summed E-state index contributed by atoms with van der Waals surface area (Å²) >= 11 is 0. The molecule has 3 rings (SSSR count). The molecule has 2 aromatic rings. The molecule has 1 aromatic carbocycles. The maximum absolute atomic E-state index is 4.52. The molecule has 0 bridgehead atoms. The van der Waals surface area contributed by atoms with Crippen LogP contribution in [0.3, 0.4) is 0 Å². The van der Waals surface area contributed by atoms with Crippen LogP contribution in [0.2, 0.25) is 0 Å². The minimum absolute atomic E-state index is 0.650. The molecule has 106 valence electrons. The quantitative estimate of drug-likeness (QED) is 0.924. The molecule has 3 heteroatoms. The number of pyridine rings is 1. The molecule has 0 spiro atoms. The molecule has 1 aromatic heterocycles. The smallest absolute Gasteiger partial charge is 0.0734 e. The number of piperidine rings is 1. The molecule has 1 unspecified atom stereocenters. The highest BCUT2D eigenvalue weighted by Crippen LogP contribution is 2.16. The third-order valence-electron chi connectivity index (χ3n) is 4.17. The van der Waals surface area contributed by atoms with E-state index in [9.17, 15) is 0 Å². The van der Waals surface area contributed by atoms with Crippen molar-refractivity contribution in [2.45, 2.75) is 25.3 Å². The summed E-state index contributed by atoms with van der Waals surface area (Å²) in [6, 6.07) is 11.3. The highest BCUT2D eigenvalue weighted by atomic mass is 15.1. The van der Waals surface area contributed by atoms with Crippen LogP contribution in [0.5, 0.6) is 0 Å².